The first-order valence-electron chi connectivity index (χ1n) is 15.1. The number of benzene rings is 1. The van der Waals surface area contributed by atoms with E-state index < -0.39 is 88.5 Å². The highest BCUT2D eigenvalue weighted by atomic mass is 16.6. The third-order valence-electron chi connectivity index (χ3n) is 10.5. The summed E-state index contributed by atoms with van der Waals surface area (Å²) in [4.78, 5) is 51.1. The molecule has 1 unspecified atom stereocenters. The zero-order valence-corrected chi connectivity index (χ0v) is 26.6. The quantitative estimate of drug-likeness (QED) is 0.237. The van der Waals surface area contributed by atoms with Crippen LogP contribution in [0.3, 0.4) is 0 Å². The second-order valence-electron chi connectivity index (χ2n) is 13.5. The number of carbonyl (C=O) groups excluding carboxylic acids is 4. The fourth-order valence-corrected chi connectivity index (χ4v) is 8.81. The number of fused-ring (bicyclic) bond motifs is 2. The lowest BCUT2D eigenvalue weighted by Gasteiger charge is -2.57. The SMILES string of the molecule is CC(=O)O[C@H]1C[C@]2(C(C)(C)O)C(=C1C)[C@@H](O)C(OC(=O)c1ccccc1)[C@]1(C)[C@@H](OC(C)=O)C[C@H](O)[C@@]3(OC(C)=O)CO[C@H]2[C@H]31. The van der Waals surface area contributed by atoms with Crippen LogP contribution in [0.4, 0.5) is 0 Å². The van der Waals surface area contributed by atoms with Gasteiger partial charge in [-0.1, -0.05) is 25.1 Å². The van der Waals surface area contributed by atoms with Gasteiger partial charge in [-0.25, -0.2) is 4.79 Å². The Morgan fingerprint density at radius 2 is 1.58 bits per heavy atom. The van der Waals surface area contributed by atoms with Crippen LogP contribution < -0.4 is 0 Å². The summed E-state index contributed by atoms with van der Waals surface area (Å²) in [5, 5.41) is 36.3. The lowest BCUT2D eigenvalue weighted by atomic mass is 9.52. The number of ether oxygens (including phenoxy) is 5. The van der Waals surface area contributed by atoms with Gasteiger partial charge in [-0.05, 0) is 44.1 Å². The number of hydrogen-bond acceptors (Lipinski definition) is 12. The molecule has 3 N–H and O–H groups in total. The highest BCUT2D eigenvalue weighted by Gasteiger charge is 2.80. The van der Waals surface area contributed by atoms with Crippen LogP contribution in [0.5, 0.6) is 0 Å². The molecule has 0 spiro atoms. The lowest BCUT2D eigenvalue weighted by Crippen LogP contribution is -2.70. The van der Waals surface area contributed by atoms with Crippen molar-refractivity contribution in [3.8, 4) is 0 Å². The molecule has 0 bridgehead atoms. The van der Waals surface area contributed by atoms with Crippen molar-refractivity contribution < 1.29 is 58.2 Å². The highest BCUT2D eigenvalue weighted by Crippen LogP contribution is 2.69. The molecule has 3 aliphatic carbocycles. The first-order valence-corrected chi connectivity index (χ1v) is 15.1. The molecule has 246 valence electrons. The van der Waals surface area contributed by atoms with Gasteiger partial charge in [-0.2, -0.15) is 0 Å². The highest BCUT2D eigenvalue weighted by molar-refractivity contribution is 5.89. The topological polar surface area (TPSA) is 175 Å². The summed E-state index contributed by atoms with van der Waals surface area (Å²) in [6.45, 7) is 9.73. The molecule has 0 aromatic heterocycles. The molecule has 2 saturated carbocycles. The Labute approximate surface area is 261 Å². The van der Waals surface area contributed by atoms with Gasteiger partial charge in [0.25, 0.3) is 0 Å². The Balaban J connectivity index is 1.84. The van der Waals surface area contributed by atoms with Gasteiger partial charge >= 0.3 is 23.9 Å². The summed E-state index contributed by atoms with van der Waals surface area (Å²) in [7, 11) is 0. The normalized spacial score (nSPS) is 38.8. The first-order chi connectivity index (χ1) is 20.9. The Hall–Kier alpha value is -3.32. The summed E-state index contributed by atoms with van der Waals surface area (Å²) in [6, 6.07) is 8.12. The van der Waals surface area contributed by atoms with Crippen LogP contribution in [-0.2, 0) is 38.1 Å². The van der Waals surface area contributed by atoms with E-state index in [0.717, 1.165) is 0 Å². The Morgan fingerprint density at radius 1 is 0.956 bits per heavy atom. The number of rotatable bonds is 6. The fourth-order valence-electron chi connectivity index (χ4n) is 8.81. The molecule has 0 amide bonds. The molecule has 1 heterocycles. The van der Waals surface area contributed by atoms with Crippen molar-refractivity contribution in [1.82, 2.24) is 0 Å². The second kappa shape index (κ2) is 11.2. The average Bonchev–Trinajstić information content (AvgIpc) is 3.44. The van der Waals surface area contributed by atoms with Crippen LogP contribution in [0.2, 0.25) is 0 Å². The van der Waals surface area contributed by atoms with Crippen LogP contribution in [0.15, 0.2) is 41.5 Å². The number of carbonyl (C=O) groups is 4. The largest absolute Gasteiger partial charge is 0.462 e. The molecule has 45 heavy (non-hydrogen) atoms. The van der Waals surface area contributed by atoms with Gasteiger partial charge in [-0.3, -0.25) is 14.4 Å². The van der Waals surface area contributed by atoms with Gasteiger partial charge in [0.15, 0.2) is 5.60 Å². The van der Waals surface area contributed by atoms with Gasteiger partial charge < -0.3 is 39.0 Å². The molecule has 3 fully saturated rings. The van der Waals surface area contributed by atoms with Crippen LogP contribution in [0, 0.1) is 16.7 Å². The van der Waals surface area contributed by atoms with Crippen molar-refractivity contribution >= 4 is 23.9 Å². The van der Waals surface area contributed by atoms with E-state index in [1.54, 1.807) is 44.2 Å². The third kappa shape index (κ3) is 4.88. The number of aliphatic hydroxyl groups excluding tert-OH is 2. The third-order valence-corrected chi connectivity index (χ3v) is 10.5. The standard InChI is InChI=1S/C33H42O12/c1-16-21(42-17(2)34)14-32(30(5,6)40)24(16)25(38)27(44-29(39)20-11-9-8-10-12-20)31(7)23(43-18(3)35)13-22(37)33(45-19(4)36)15-41-28(32)26(31)33/h8-12,21-23,25-28,37-38,40H,13-15H2,1-7H3/t21-,22-,23-,25+,26-,27?,28-,31+,32-,33-/m0/s1. The van der Waals surface area contributed by atoms with Crippen molar-refractivity contribution in [1.29, 1.82) is 0 Å². The second-order valence-corrected chi connectivity index (χ2v) is 13.5. The van der Waals surface area contributed by atoms with Crippen molar-refractivity contribution in [2.45, 2.75) is 109 Å². The maximum atomic E-state index is 13.7. The summed E-state index contributed by atoms with van der Waals surface area (Å²) >= 11 is 0. The Bertz CT molecular complexity index is 1410. The van der Waals surface area contributed by atoms with E-state index in [0.29, 0.717) is 5.57 Å². The smallest absolute Gasteiger partial charge is 0.338 e. The Morgan fingerprint density at radius 3 is 2.13 bits per heavy atom. The molecule has 10 atom stereocenters. The maximum Gasteiger partial charge on any atom is 0.338 e. The fraction of sp³-hybridized carbons (Fsp3) is 0.636. The predicted octanol–water partition coefficient (Wildman–Crippen LogP) is 2.02. The van der Waals surface area contributed by atoms with Crippen LogP contribution in [0.25, 0.3) is 0 Å². The average molecular weight is 631 g/mol. The van der Waals surface area contributed by atoms with Gasteiger partial charge in [0.2, 0.25) is 0 Å². The van der Waals surface area contributed by atoms with Gasteiger partial charge in [-0.15, -0.1) is 0 Å². The van der Waals surface area contributed by atoms with E-state index in [1.807, 2.05) is 0 Å². The van der Waals surface area contributed by atoms with E-state index in [4.69, 9.17) is 23.7 Å². The minimum absolute atomic E-state index is 0.0324. The predicted molar refractivity (Wildman–Crippen MR) is 155 cm³/mol. The van der Waals surface area contributed by atoms with Gasteiger partial charge in [0, 0.05) is 39.5 Å². The zero-order chi connectivity index (χ0) is 33.3. The monoisotopic (exact) mass is 630 g/mol. The molecule has 5 rings (SSSR count). The number of hydrogen-bond donors (Lipinski definition) is 3. The maximum absolute atomic E-state index is 13.7. The number of esters is 4. The molecular formula is C33H42O12. The minimum atomic E-state index is -1.75. The molecule has 1 aromatic carbocycles. The number of aliphatic hydroxyl groups is 3. The Kier molecular flexibility index (Phi) is 8.21. The van der Waals surface area contributed by atoms with Crippen LogP contribution >= 0.6 is 0 Å². The molecule has 1 aromatic rings. The lowest BCUT2D eigenvalue weighted by molar-refractivity contribution is -0.252. The molecule has 12 heteroatoms. The summed E-state index contributed by atoms with van der Waals surface area (Å²) in [6.07, 6.45) is -7.97. The van der Waals surface area contributed by atoms with E-state index in [-0.39, 0.29) is 30.6 Å². The van der Waals surface area contributed by atoms with E-state index in [9.17, 15) is 34.5 Å². The molecule has 1 aliphatic heterocycles. The minimum Gasteiger partial charge on any atom is -0.462 e. The van der Waals surface area contributed by atoms with Crippen molar-refractivity contribution in [2.75, 3.05) is 6.61 Å². The van der Waals surface area contributed by atoms with Crippen molar-refractivity contribution in [2.24, 2.45) is 16.7 Å². The van der Waals surface area contributed by atoms with Gasteiger partial charge in [0.1, 0.15) is 30.5 Å². The van der Waals surface area contributed by atoms with Crippen LogP contribution in [0.1, 0.15) is 71.7 Å². The first kappa shape index (κ1) is 33.1. The van der Waals surface area contributed by atoms with E-state index in [2.05, 4.69) is 0 Å². The zero-order valence-electron chi connectivity index (χ0n) is 26.6. The van der Waals surface area contributed by atoms with E-state index in [1.165, 1.54) is 34.6 Å². The molecule has 0 radical (unpaired) electrons. The molecule has 1 saturated heterocycles. The van der Waals surface area contributed by atoms with E-state index >= 15 is 0 Å². The molecule has 12 nitrogen and oxygen atoms in total. The summed E-state index contributed by atoms with van der Waals surface area (Å²) < 4.78 is 30.2. The van der Waals surface area contributed by atoms with Crippen molar-refractivity contribution in [3.63, 3.8) is 0 Å². The summed E-state index contributed by atoms with van der Waals surface area (Å²) in [5.41, 5.74) is -5.65. The molecule has 4 aliphatic rings. The van der Waals surface area contributed by atoms with Gasteiger partial charge in [0.05, 0.1) is 34.7 Å². The van der Waals surface area contributed by atoms with Crippen molar-refractivity contribution in [3.05, 3.63) is 47.0 Å². The molecular weight excluding hydrogens is 588 g/mol. The van der Waals surface area contributed by atoms with Crippen LogP contribution in [-0.4, -0.2) is 93.6 Å². The summed E-state index contributed by atoms with van der Waals surface area (Å²) in [5.74, 6) is -3.89.